The van der Waals surface area contributed by atoms with Crippen LogP contribution >= 0.6 is 11.3 Å². The highest BCUT2D eigenvalue weighted by Crippen LogP contribution is 2.34. The summed E-state index contributed by atoms with van der Waals surface area (Å²) in [6, 6.07) is 0.902. The van der Waals surface area contributed by atoms with Crippen molar-refractivity contribution in [1.82, 2.24) is 15.2 Å². The fourth-order valence-electron chi connectivity index (χ4n) is 3.07. The minimum Gasteiger partial charge on any atom is -0.346 e. The summed E-state index contributed by atoms with van der Waals surface area (Å²) in [5.74, 6) is 0.561. The number of hydrogen-bond donors (Lipinski definition) is 1. The highest BCUT2D eigenvalue weighted by molar-refractivity contribution is 7.15. The topological polar surface area (TPSA) is 31.4 Å². The molecule has 1 aliphatic carbocycles. The Hall–Kier alpha value is -0.650. The Kier molecular flexibility index (Phi) is 4.82. The van der Waals surface area contributed by atoms with Gasteiger partial charge in [0.1, 0.15) is 0 Å². The maximum absolute atomic E-state index is 4.99. The van der Waals surface area contributed by atoms with Crippen LogP contribution in [0.4, 0.5) is 5.13 Å². The SMILES string of the molecule is CCC(C)c1nc(N2CCN(C3CC3)CC2)sc1CNC. The molecule has 118 valence electrons. The first kappa shape index (κ1) is 15.3. The molecular weight excluding hydrogens is 280 g/mol. The number of nitrogens with one attached hydrogen (secondary N) is 1. The standard InChI is InChI=1S/C16H28N4S/c1-4-12(2)15-14(11-17-3)21-16(18-15)20-9-7-19(8-10-20)13-5-6-13/h12-13,17H,4-11H2,1-3H3. The number of nitrogens with zero attached hydrogens (tertiary/aromatic N) is 3. The quantitative estimate of drug-likeness (QED) is 0.875. The van der Waals surface area contributed by atoms with Crippen LogP contribution in [-0.4, -0.2) is 49.2 Å². The molecule has 1 aromatic rings. The molecule has 4 nitrogen and oxygen atoms in total. The molecule has 1 saturated heterocycles. The van der Waals surface area contributed by atoms with E-state index in [1.54, 1.807) is 0 Å². The molecule has 0 spiro atoms. The summed E-state index contributed by atoms with van der Waals surface area (Å²) >= 11 is 1.89. The maximum Gasteiger partial charge on any atom is 0.185 e. The number of anilines is 1. The molecule has 2 heterocycles. The Balaban J connectivity index is 1.69. The van der Waals surface area contributed by atoms with Gasteiger partial charge in [-0.15, -0.1) is 11.3 Å². The van der Waals surface area contributed by atoms with Gasteiger partial charge in [0.25, 0.3) is 0 Å². The van der Waals surface area contributed by atoms with Crippen LogP contribution in [0, 0.1) is 0 Å². The van der Waals surface area contributed by atoms with Gasteiger partial charge in [0.05, 0.1) is 5.69 Å². The molecule has 1 aromatic heterocycles. The number of rotatable bonds is 6. The average molecular weight is 308 g/mol. The molecule has 1 unspecified atom stereocenters. The van der Waals surface area contributed by atoms with E-state index in [0.717, 1.165) is 32.1 Å². The molecule has 1 atom stereocenters. The smallest absolute Gasteiger partial charge is 0.185 e. The third-order valence-electron chi connectivity index (χ3n) is 4.78. The van der Waals surface area contributed by atoms with E-state index in [1.165, 1.54) is 41.6 Å². The largest absolute Gasteiger partial charge is 0.346 e. The zero-order chi connectivity index (χ0) is 14.8. The molecule has 0 aromatic carbocycles. The van der Waals surface area contributed by atoms with Crippen molar-refractivity contribution in [1.29, 1.82) is 0 Å². The molecule has 5 heteroatoms. The third kappa shape index (κ3) is 3.41. The molecule has 0 bridgehead atoms. The number of thiazole rings is 1. The molecule has 0 radical (unpaired) electrons. The predicted octanol–water partition coefficient (Wildman–Crippen LogP) is 2.66. The van der Waals surface area contributed by atoms with Crippen LogP contribution in [0.2, 0.25) is 0 Å². The van der Waals surface area contributed by atoms with E-state index in [9.17, 15) is 0 Å². The molecule has 1 N–H and O–H groups in total. The Morgan fingerprint density at radius 2 is 2.00 bits per heavy atom. The van der Waals surface area contributed by atoms with Crippen molar-refractivity contribution in [2.24, 2.45) is 0 Å². The lowest BCUT2D eigenvalue weighted by atomic mass is 10.0. The van der Waals surface area contributed by atoms with E-state index in [-0.39, 0.29) is 0 Å². The van der Waals surface area contributed by atoms with Gasteiger partial charge in [0, 0.05) is 43.6 Å². The van der Waals surface area contributed by atoms with Gasteiger partial charge in [-0.25, -0.2) is 4.98 Å². The molecule has 21 heavy (non-hydrogen) atoms. The minimum atomic E-state index is 0.561. The second-order valence-electron chi connectivity index (χ2n) is 6.40. The third-order valence-corrected chi connectivity index (χ3v) is 5.91. The molecule has 1 aliphatic heterocycles. The highest BCUT2D eigenvalue weighted by atomic mass is 32.1. The van der Waals surface area contributed by atoms with E-state index in [4.69, 9.17) is 4.98 Å². The summed E-state index contributed by atoms with van der Waals surface area (Å²) in [7, 11) is 2.02. The molecule has 0 amide bonds. The molecular formula is C16H28N4S. The molecule has 1 saturated carbocycles. The van der Waals surface area contributed by atoms with Crippen molar-refractivity contribution in [3.8, 4) is 0 Å². The summed E-state index contributed by atoms with van der Waals surface area (Å²) in [6.45, 7) is 10.2. The molecule has 2 fully saturated rings. The minimum absolute atomic E-state index is 0.561. The van der Waals surface area contributed by atoms with E-state index in [2.05, 4.69) is 29.0 Å². The van der Waals surface area contributed by atoms with Crippen LogP contribution in [0.15, 0.2) is 0 Å². The lowest BCUT2D eigenvalue weighted by molar-refractivity contribution is 0.248. The Morgan fingerprint density at radius 3 is 2.57 bits per heavy atom. The zero-order valence-corrected chi connectivity index (χ0v) is 14.4. The van der Waals surface area contributed by atoms with Crippen LogP contribution < -0.4 is 10.2 Å². The number of piperazine rings is 1. The second-order valence-corrected chi connectivity index (χ2v) is 7.46. The normalized spacial score (nSPS) is 21.8. The number of aromatic nitrogens is 1. The van der Waals surface area contributed by atoms with Crippen molar-refractivity contribution in [2.75, 3.05) is 38.1 Å². The summed E-state index contributed by atoms with van der Waals surface area (Å²) in [5, 5.41) is 4.54. The number of hydrogen-bond acceptors (Lipinski definition) is 5. The van der Waals surface area contributed by atoms with Gasteiger partial charge < -0.3 is 10.2 Å². The fraction of sp³-hybridized carbons (Fsp3) is 0.812. The zero-order valence-electron chi connectivity index (χ0n) is 13.6. The van der Waals surface area contributed by atoms with Gasteiger partial charge in [-0.1, -0.05) is 13.8 Å². The fourth-order valence-corrected chi connectivity index (χ4v) is 4.31. The van der Waals surface area contributed by atoms with E-state index >= 15 is 0 Å². The van der Waals surface area contributed by atoms with Crippen molar-refractivity contribution in [2.45, 2.75) is 51.6 Å². The van der Waals surface area contributed by atoms with Gasteiger partial charge in [-0.05, 0) is 32.2 Å². The monoisotopic (exact) mass is 308 g/mol. The Labute approximate surface area is 132 Å². The van der Waals surface area contributed by atoms with Crippen LogP contribution in [0.1, 0.15) is 49.6 Å². The van der Waals surface area contributed by atoms with Gasteiger partial charge in [0.2, 0.25) is 0 Å². The average Bonchev–Trinajstić information content (AvgIpc) is 3.28. The van der Waals surface area contributed by atoms with Crippen LogP contribution in [0.25, 0.3) is 0 Å². The van der Waals surface area contributed by atoms with Gasteiger partial charge >= 0.3 is 0 Å². The van der Waals surface area contributed by atoms with E-state index in [1.807, 2.05) is 18.4 Å². The van der Waals surface area contributed by atoms with Crippen molar-refractivity contribution in [3.05, 3.63) is 10.6 Å². The molecule has 2 aliphatic rings. The highest BCUT2D eigenvalue weighted by Gasteiger charge is 2.32. The van der Waals surface area contributed by atoms with Crippen molar-refractivity contribution < 1.29 is 0 Å². The van der Waals surface area contributed by atoms with Crippen molar-refractivity contribution in [3.63, 3.8) is 0 Å². The van der Waals surface area contributed by atoms with Crippen LogP contribution in [0.3, 0.4) is 0 Å². The first-order valence-electron chi connectivity index (χ1n) is 8.36. The van der Waals surface area contributed by atoms with Gasteiger partial charge in [-0.2, -0.15) is 0 Å². The lowest BCUT2D eigenvalue weighted by Crippen LogP contribution is -2.47. The van der Waals surface area contributed by atoms with Crippen LogP contribution in [0.5, 0.6) is 0 Å². The first-order chi connectivity index (χ1) is 10.2. The van der Waals surface area contributed by atoms with Crippen LogP contribution in [-0.2, 0) is 6.54 Å². The summed E-state index contributed by atoms with van der Waals surface area (Å²) in [5.41, 5.74) is 1.32. The van der Waals surface area contributed by atoms with E-state index in [0.29, 0.717) is 5.92 Å². The summed E-state index contributed by atoms with van der Waals surface area (Å²) in [4.78, 5) is 11.6. The lowest BCUT2D eigenvalue weighted by Gasteiger charge is -2.34. The predicted molar refractivity (Wildman–Crippen MR) is 90.4 cm³/mol. The first-order valence-corrected chi connectivity index (χ1v) is 9.17. The molecule has 3 rings (SSSR count). The van der Waals surface area contributed by atoms with E-state index < -0.39 is 0 Å². The van der Waals surface area contributed by atoms with Gasteiger partial charge in [-0.3, -0.25) is 4.90 Å². The Bertz CT molecular complexity index is 461. The summed E-state index contributed by atoms with van der Waals surface area (Å²) < 4.78 is 0. The second kappa shape index (κ2) is 6.63. The van der Waals surface area contributed by atoms with Gasteiger partial charge in [0.15, 0.2) is 5.13 Å². The summed E-state index contributed by atoms with van der Waals surface area (Å²) in [6.07, 6.45) is 4.00. The maximum atomic E-state index is 4.99. The Morgan fingerprint density at radius 1 is 1.29 bits per heavy atom. The van der Waals surface area contributed by atoms with Crippen molar-refractivity contribution >= 4 is 16.5 Å².